The van der Waals surface area contributed by atoms with Gasteiger partial charge in [0.1, 0.15) is 5.82 Å². The predicted octanol–water partition coefficient (Wildman–Crippen LogP) is 3.53. The van der Waals surface area contributed by atoms with E-state index in [9.17, 15) is 9.18 Å². The van der Waals surface area contributed by atoms with Crippen LogP contribution in [0, 0.1) is 12.7 Å². The van der Waals surface area contributed by atoms with Gasteiger partial charge in [-0.3, -0.25) is 9.89 Å². The van der Waals surface area contributed by atoms with Crippen LogP contribution < -0.4 is 10.2 Å². The normalized spacial score (nSPS) is 16.5. The molecule has 6 heteroatoms. The highest BCUT2D eigenvalue weighted by atomic mass is 19.1. The predicted molar refractivity (Wildman–Crippen MR) is 103 cm³/mol. The molecule has 1 unspecified atom stereocenters. The Hall–Kier alpha value is -3.15. The summed E-state index contributed by atoms with van der Waals surface area (Å²) in [5.74, 6) is 0.534. The molecule has 2 aromatic carbocycles. The lowest BCUT2D eigenvalue weighted by Crippen LogP contribution is -2.37. The fourth-order valence-corrected chi connectivity index (χ4v) is 3.39. The second-order valence-corrected chi connectivity index (χ2v) is 6.92. The number of carbonyl (C=O) groups is 1. The number of anilines is 1. The molecule has 27 heavy (non-hydrogen) atoms. The van der Waals surface area contributed by atoms with Crippen molar-refractivity contribution >= 4 is 11.7 Å². The van der Waals surface area contributed by atoms with E-state index in [1.54, 1.807) is 12.1 Å². The molecule has 1 aromatic heterocycles. The van der Waals surface area contributed by atoms with E-state index in [0.29, 0.717) is 12.1 Å². The number of aromatic nitrogens is 2. The smallest absolute Gasteiger partial charge is 0.251 e. The molecule has 3 aromatic rings. The summed E-state index contributed by atoms with van der Waals surface area (Å²) in [4.78, 5) is 14.6. The van der Waals surface area contributed by atoms with E-state index in [0.717, 1.165) is 35.6 Å². The molecule has 0 aliphatic carbocycles. The van der Waals surface area contributed by atoms with Crippen molar-refractivity contribution in [2.45, 2.75) is 19.4 Å². The summed E-state index contributed by atoms with van der Waals surface area (Å²) in [7, 11) is 0. The van der Waals surface area contributed by atoms with Gasteiger partial charge >= 0.3 is 0 Å². The average Bonchev–Trinajstić information content (AvgIpc) is 3.32. The Morgan fingerprint density at radius 1 is 1.22 bits per heavy atom. The van der Waals surface area contributed by atoms with Crippen LogP contribution in [0.2, 0.25) is 0 Å². The minimum absolute atomic E-state index is 0.0421. The number of amides is 1. The van der Waals surface area contributed by atoms with Crippen LogP contribution >= 0.6 is 0 Å². The van der Waals surface area contributed by atoms with Gasteiger partial charge in [0.05, 0.1) is 5.69 Å². The van der Waals surface area contributed by atoms with Gasteiger partial charge in [0.15, 0.2) is 5.82 Å². The van der Waals surface area contributed by atoms with Gasteiger partial charge in [-0.15, -0.1) is 0 Å². The first-order valence-corrected chi connectivity index (χ1v) is 9.02. The van der Waals surface area contributed by atoms with Crippen molar-refractivity contribution in [1.82, 2.24) is 15.5 Å². The Labute approximate surface area is 157 Å². The standard InChI is InChI=1S/C21H21FN4O/c1-14-3-2-4-16(11-14)21(27)23-18-9-10-26(13-18)20-12-19(24-25-20)15-5-7-17(22)8-6-15/h2-8,11-12,18H,9-10,13H2,1H3,(H,23,27)(H,24,25). The lowest BCUT2D eigenvalue weighted by Gasteiger charge is -2.16. The van der Waals surface area contributed by atoms with Crippen molar-refractivity contribution in [3.63, 3.8) is 0 Å². The van der Waals surface area contributed by atoms with Crippen LogP contribution in [0.1, 0.15) is 22.3 Å². The summed E-state index contributed by atoms with van der Waals surface area (Å²) in [6, 6.07) is 16.0. The zero-order valence-corrected chi connectivity index (χ0v) is 15.1. The quantitative estimate of drug-likeness (QED) is 0.744. The minimum Gasteiger partial charge on any atom is -0.353 e. The molecule has 4 rings (SSSR count). The molecule has 0 bridgehead atoms. The van der Waals surface area contributed by atoms with Crippen LogP contribution in [0.25, 0.3) is 11.3 Å². The third kappa shape index (κ3) is 3.84. The van der Waals surface area contributed by atoms with Crippen LogP contribution in [-0.2, 0) is 0 Å². The van der Waals surface area contributed by atoms with E-state index < -0.39 is 0 Å². The van der Waals surface area contributed by atoms with Crippen LogP contribution in [0.5, 0.6) is 0 Å². The molecule has 1 atom stereocenters. The first kappa shape index (κ1) is 17.3. The summed E-state index contributed by atoms with van der Waals surface area (Å²) in [6.45, 7) is 3.52. The van der Waals surface area contributed by atoms with Gasteiger partial charge in [0, 0.05) is 30.8 Å². The fourth-order valence-electron chi connectivity index (χ4n) is 3.39. The zero-order valence-electron chi connectivity index (χ0n) is 15.1. The minimum atomic E-state index is -0.259. The zero-order chi connectivity index (χ0) is 18.8. The van der Waals surface area contributed by atoms with Gasteiger partial charge in [-0.05, 0) is 55.3 Å². The topological polar surface area (TPSA) is 61.0 Å². The number of carbonyl (C=O) groups excluding carboxylic acids is 1. The lowest BCUT2D eigenvalue weighted by atomic mass is 10.1. The molecule has 2 N–H and O–H groups in total. The largest absolute Gasteiger partial charge is 0.353 e. The molecular weight excluding hydrogens is 343 g/mol. The maximum Gasteiger partial charge on any atom is 0.251 e. The number of nitrogens with zero attached hydrogens (tertiary/aromatic N) is 2. The van der Waals surface area contributed by atoms with Gasteiger partial charge in [-0.1, -0.05) is 17.7 Å². The van der Waals surface area contributed by atoms with Crippen molar-refractivity contribution in [3.8, 4) is 11.3 Å². The Morgan fingerprint density at radius 3 is 2.81 bits per heavy atom. The summed E-state index contributed by atoms with van der Waals surface area (Å²) in [6.07, 6.45) is 0.871. The molecular formula is C21H21FN4O. The SMILES string of the molecule is Cc1cccc(C(=O)NC2CCN(c3cc(-c4ccc(F)cc4)[nH]n3)C2)c1. The van der Waals surface area contributed by atoms with Gasteiger partial charge in [-0.25, -0.2) is 4.39 Å². The molecule has 1 aliphatic rings. The molecule has 5 nitrogen and oxygen atoms in total. The first-order valence-electron chi connectivity index (χ1n) is 9.02. The van der Waals surface area contributed by atoms with E-state index in [4.69, 9.17) is 0 Å². The molecule has 1 fully saturated rings. The lowest BCUT2D eigenvalue weighted by molar-refractivity contribution is 0.0940. The number of H-pyrrole nitrogens is 1. The molecule has 0 saturated carbocycles. The maximum absolute atomic E-state index is 13.1. The van der Waals surface area contributed by atoms with Crippen LogP contribution in [0.4, 0.5) is 10.2 Å². The van der Waals surface area contributed by atoms with Gasteiger partial charge < -0.3 is 10.2 Å². The summed E-state index contributed by atoms with van der Waals surface area (Å²) >= 11 is 0. The highest BCUT2D eigenvalue weighted by Gasteiger charge is 2.26. The maximum atomic E-state index is 13.1. The van der Waals surface area contributed by atoms with Crippen LogP contribution in [0.3, 0.4) is 0 Å². The average molecular weight is 364 g/mol. The van der Waals surface area contributed by atoms with Crippen molar-refractivity contribution in [1.29, 1.82) is 0 Å². The third-order valence-corrected chi connectivity index (χ3v) is 4.85. The molecule has 1 aliphatic heterocycles. The number of aryl methyl sites for hydroxylation is 1. The first-order chi connectivity index (χ1) is 13.1. The number of aromatic amines is 1. The van der Waals surface area contributed by atoms with Gasteiger partial charge in [0.2, 0.25) is 0 Å². The number of rotatable bonds is 4. The summed E-state index contributed by atoms with van der Waals surface area (Å²) < 4.78 is 13.1. The molecule has 138 valence electrons. The monoisotopic (exact) mass is 364 g/mol. The Kier molecular flexibility index (Phi) is 4.62. The second kappa shape index (κ2) is 7.23. The van der Waals surface area contributed by atoms with Crippen LogP contribution in [-0.4, -0.2) is 35.2 Å². The Bertz CT molecular complexity index is 951. The van der Waals surface area contributed by atoms with Crippen molar-refractivity contribution in [2.24, 2.45) is 0 Å². The molecule has 1 saturated heterocycles. The Morgan fingerprint density at radius 2 is 2.04 bits per heavy atom. The number of benzene rings is 2. The van der Waals surface area contributed by atoms with Crippen molar-refractivity contribution < 1.29 is 9.18 Å². The van der Waals surface area contributed by atoms with E-state index in [1.807, 2.05) is 37.3 Å². The number of hydrogen-bond donors (Lipinski definition) is 2. The summed E-state index contributed by atoms with van der Waals surface area (Å²) in [5.41, 5.74) is 3.49. The molecule has 2 heterocycles. The number of hydrogen-bond acceptors (Lipinski definition) is 3. The highest BCUT2D eigenvalue weighted by Crippen LogP contribution is 2.24. The molecule has 1 amide bonds. The summed E-state index contributed by atoms with van der Waals surface area (Å²) in [5, 5.41) is 10.5. The van der Waals surface area contributed by atoms with Crippen molar-refractivity contribution in [2.75, 3.05) is 18.0 Å². The third-order valence-electron chi connectivity index (χ3n) is 4.85. The Balaban J connectivity index is 1.40. The number of nitrogens with one attached hydrogen (secondary N) is 2. The highest BCUT2D eigenvalue weighted by molar-refractivity contribution is 5.94. The van der Waals surface area contributed by atoms with Gasteiger partial charge in [0.25, 0.3) is 5.91 Å². The van der Waals surface area contributed by atoms with Gasteiger partial charge in [-0.2, -0.15) is 5.10 Å². The molecule has 0 spiro atoms. The molecule has 0 radical (unpaired) electrons. The van der Waals surface area contributed by atoms with E-state index >= 15 is 0 Å². The fraction of sp³-hybridized carbons (Fsp3) is 0.238. The van der Waals surface area contributed by atoms with E-state index in [2.05, 4.69) is 20.4 Å². The van der Waals surface area contributed by atoms with Crippen molar-refractivity contribution in [3.05, 3.63) is 71.5 Å². The second-order valence-electron chi connectivity index (χ2n) is 6.92. The van der Waals surface area contributed by atoms with E-state index in [-0.39, 0.29) is 17.8 Å². The van der Waals surface area contributed by atoms with E-state index in [1.165, 1.54) is 12.1 Å². The van der Waals surface area contributed by atoms with Crippen LogP contribution in [0.15, 0.2) is 54.6 Å². The number of halogens is 1.